The molecule has 0 atom stereocenters. The largest absolute Gasteiger partial charge is 0.491 e. The van der Waals surface area contributed by atoms with Crippen LogP contribution in [0, 0.1) is 0 Å². The normalized spacial score (nSPS) is 14.6. The summed E-state index contributed by atoms with van der Waals surface area (Å²) in [7, 11) is 1.51. The van der Waals surface area contributed by atoms with E-state index in [1.54, 1.807) is 27.8 Å². The van der Waals surface area contributed by atoms with Crippen LogP contribution in [0.25, 0.3) is 17.1 Å². The number of hydrogen-bond acceptors (Lipinski definition) is 5. The van der Waals surface area contributed by atoms with Crippen LogP contribution in [0.5, 0.6) is 5.75 Å². The lowest BCUT2D eigenvalue weighted by Crippen LogP contribution is -2.26. The monoisotopic (exact) mass is 365 g/mol. The average molecular weight is 365 g/mol. The van der Waals surface area contributed by atoms with Gasteiger partial charge in [-0.3, -0.25) is 9.48 Å². The zero-order valence-corrected chi connectivity index (χ0v) is 15.4. The first-order valence-corrected chi connectivity index (χ1v) is 9.24. The Morgan fingerprint density at radius 3 is 2.59 bits per heavy atom. The van der Waals surface area contributed by atoms with Gasteiger partial charge in [0.2, 0.25) is 0 Å². The Labute approximate surface area is 157 Å². The first-order valence-electron chi connectivity index (χ1n) is 9.24. The maximum atomic E-state index is 12.8. The van der Waals surface area contributed by atoms with Crippen LogP contribution < -0.4 is 10.2 Å². The van der Waals surface area contributed by atoms with E-state index in [0.29, 0.717) is 23.7 Å². The summed E-state index contributed by atoms with van der Waals surface area (Å²) in [6.07, 6.45) is 5.87. The van der Waals surface area contributed by atoms with Gasteiger partial charge in [0.25, 0.3) is 5.43 Å². The summed E-state index contributed by atoms with van der Waals surface area (Å²) in [5.74, 6) is 0.294. The van der Waals surface area contributed by atoms with Gasteiger partial charge in [-0.25, -0.2) is 4.68 Å². The zero-order chi connectivity index (χ0) is 18.6. The minimum absolute atomic E-state index is 0.229. The zero-order valence-electron chi connectivity index (χ0n) is 15.4. The van der Waals surface area contributed by atoms with Crippen molar-refractivity contribution in [2.45, 2.75) is 19.4 Å². The fourth-order valence-electron chi connectivity index (χ4n) is 3.45. The van der Waals surface area contributed by atoms with E-state index in [1.165, 1.54) is 20.0 Å². The van der Waals surface area contributed by atoms with Gasteiger partial charge in [-0.2, -0.15) is 10.2 Å². The number of methoxy groups -OCH3 is 1. The van der Waals surface area contributed by atoms with E-state index >= 15 is 0 Å². The molecule has 3 aromatic rings. The Morgan fingerprint density at radius 1 is 1.07 bits per heavy atom. The number of benzene rings is 1. The van der Waals surface area contributed by atoms with Crippen molar-refractivity contribution in [3.8, 4) is 22.8 Å². The van der Waals surface area contributed by atoms with Gasteiger partial charge < -0.3 is 9.64 Å². The van der Waals surface area contributed by atoms with Gasteiger partial charge in [0.15, 0.2) is 11.4 Å². The summed E-state index contributed by atoms with van der Waals surface area (Å²) in [5.41, 5.74) is 1.65. The highest BCUT2D eigenvalue weighted by molar-refractivity contribution is 5.58. The van der Waals surface area contributed by atoms with Gasteiger partial charge in [-0.05, 0) is 44.1 Å². The van der Waals surface area contributed by atoms with Crippen molar-refractivity contribution in [3.63, 3.8) is 0 Å². The van der Waals surface area contributed by atoms with Crippen molar-refractivity contribution in [2.24, 2.45) is 0 Å². The maximum absolute atomic E-state index is 12.8. The van der Waals surface area contributed by atoms with E-state index in [-0.39, 0.29) is 5.43 Å². The number of rotatable bonds is 6. The Kier molecular flexibility index (Phi) is 5.02. The molecular formula is C20H23N5O2. The van der Waals surface area contributed by atoms with Gasteiger partial charge >= 0.3 is 0 Å². The average Bonchev–Trinajstić information content (AvgIpc) is 3.40. The smallest absolute Gasteiger partial charge is 0.251 e. The number of ether oxygens (including phenoxy) is 1. The molecule has 0 N–H and O–H groups in total. The fraction of sp³-hybridized carbons (Fsp3) is 0.350. The van der Waals surface area contributed by atoms with Gasteiger partial charge in [0, 0.05) is 6.54 Å². The first kappa shape index (κ1) is 17.5. The molecule has 7 heteroatoms. The topological polar surface area (TPSA) is 65.2 Å². The van der Waals surface area contributed by atoms with Gasteiger partial charge in [0.1, 0.15) is 0 Å². The molecule has 1 saturated heterocycles. The number of nitrogens with zero attached hydrogens (tertiary/aromatic N) is 5. The highest BCUT2D eigenvalue weighted by atomic mass is 16.5. The van der Waals surface area contributed by atoms with Gasteiger partial charge in [-0.15, -0.1) is 0 Å². The molecule has 7 nitrogen and oxygen atoms in total. The van der Waals surface area contributed by atoms with Crippen molar-refractivity contribution >= 4 is 0 Å². The van der Waals surface area contributed by atoms with E-state index in [9.17, 15) is 4.79 Å². The van der Waals surface area contributed by atoms with Crippen LogP contribution in [-0.4, -0.2) is 51.2 Å². The molecule has 1 aromatic carbocycles. The van der Waals surface area contributed by atoms with E-state index in [0.717, 1.165) is 25.3 Å². The van der Waals surface area contributed by atoms with E-state index in [1.807, 2.05) is 30.3 Å². The van der Waals surface area contributed by atoms with Gasteiger partial charge in [-0.1, -0.05) is 18.2 Å². The summed E-state index contributed by atoms with van der Waals surface area (Å²) >= 11 is 0. The van der Waals surface area contributed by atoms with Crippen LogP contribution in [0.15, 0.2) is 53.6 Å². The van der Waals surface area contributed by atoms with E-state index in [4.69, 9.17) is 4.74 Å². The molecule has 3 heterocycles. The van der Waals surface area contributed by atoms with Crippen molar-refractivity contribution in [1.82, 2.24) is 24.5 Å². The van der Waals surface area contributed by atoms with Crippen LogP contribution in [-0.2, 0) is 6.54 Å². The second kappa shape index (κ2) is 7.75. The lowest BCUT2D eigenvalue weighted by Gasteiger charge is -2.16. The van der Waals surface area contributed by atoms with Crippen molar-refractivity contribution < 1.29 is 4.74 Å². The number of para-hydroxylation sites is 1. The van der Waals surface area contributed by atoms with Gasteiger partial charge in [0.05, 0.1) is 37.4 Å². The molecule has 140 valence electrons. The maximum Gasteiger partial charge on any atom is 0.251 e. The minimum atomic E-state index is -0.229. The summed E-state index contributed by atoms with van der Waals surface area (Å²) in [6, 6.07) is 11.5. The molecule has 0 spiro atoms. The predicted octanol–water partition coefficient (Wildman–Crippen LogP) is 2.20. The molecule has 0 radical (unpaired) electrons. The molecule has 0 bridgehead atoms. The second-order valence-corrected chi connectivity index (χ2v) is 6.65. The first-order chi connectivity index (χ1) is 13.3. The standard InChI is InChI=1S/C20H23N5O2/c1-27-18-15-24(14-13-23-11-5-6-12-23)22-19(20(18)26)17-9-10-21-25(17)16-7-3-2-4-8-16/h2-4,7-10,15H,5-6,11-14H2,1H3. The Hall–Kier alpha value is -2.93. The molecule has 1 aliphatic rings. The summed E-state index contributed by atoms with van der Waals surface area (Å²) in [4.78, 5) is 15.3. The highest BCUT2D eigenvalue weighted by Crippen LogP contribution is 2.19. The molecule has 4 rings (SSSR count). The number of aromatic nitrogens is 4. The van der Waals surface area contributed by atoms with Crippen LogP contribution in [0.3, 0.4) is 0 Å². The Morgan fingerprint density at radius 2 is 1.85 bits per heavy atom. The SMILES string of the molecule is COc1cn(CCN2CCCC2)nc(-c2ccnn2-c2ccccc2)c1=O. The molecule has 1 aliphatic heterocycles. The van der Waals surface area contributed by atoms with Crippen LogP contribution in [0.4, 0.5) is 0 Å². The third-order valence-electron chi connectivity index (χ3n) is 4.88. The van der Waals surface area contributed by atoms with E-state index < -0.39 is 0 Å². The lowest BCUT2D eigenvalue weighted by molar-refractivity contribution is 0.312. The minimum Gasteiger partial charge on any atom is -0.491 e. The molecule has 1 fully saturated rings. The summed E-state index contributed by atoms with van der Waals surface area (Å²) in [6.45, 7) is 3.88. The van der Waals surface area contributed by atoms with Crippen LogP contribution in [0.1, 0.15) is 12.8 Å². The second-order valence-electron chi connectivity index (χ2n) is 6.65. The highest BCUT2D eigenvalue weighted by Gasteiger charge is 2.18. The summed E-state index contributed by atoms with van der Waals surface area (Å²) in [5, 5.41) is 8.98. The lowest BCUT2D eigenvalue weighted by atomic mass is 10.2. The van der Waals surface area contributed by atoms with Crippen LogP contribution >= 0.6 is 0 Å². The van der Waals surface area contributed by atoms with E-state index in [2.05, 4.69) is 15.1 Å². The quantitative estimate of drug-likeness (QED) is 0.670. The fourth-order valence-corrected chi connectivity index (χ4v) is 3.45. The van der Waals surface area contributed by atoms with Crippen molar-refractivity contribution in [2.75, 3.05) is 26.7 Å². The number of likely N-dealkylation sites (tertiary alicyclic amines) is 1. The predicted molar refractivity (Wildman–Crippen MR) is 103 cm³/mol. The Bertz CT molecular complexity index is 958. The molecule has 2 aromatic heterocycles. The third kappa shape index (κ3) is 3.64. The molecular weight excluding hydrogens is 342 g/mol. The molecule has 0 amide bonds. The molecule has 27 heavy (non-hydrogen) atoms. The van der Waals surface area contributed by atoms with Crippen molar-refractivity contribution in [1.29, 1.82) is 0 Å². The number of hydrogen-bond donors (Lipinski definition) is 0. The molecule has 0 unspecified atom stereocenters. The molecule has 0 saturated carbocycles. The third-order valence-corrected chi connectivity index (χ3v) is 4.88. The van der Waals surface area contributed by atoms with Crippen LogP contribution in [0.2, 0.25) is 0 Å². The van der Waals surface area contributed by atoms with Crippen molar-refractivity contribution in [3.05, 3.63) is 59.0 Å². The summed E-state index contributed by atoms with van der Waals surface area (Å²) < 4.78 is 8.86. The Balaban J connectivity index is 1.71. The molecule has 0 aliphatic carbocycles.